The quantitative estimate of drug-likeness (QED) is 0.881. The Morgan fingerprint density at radius 1 is 1.36 bits per heavy atom. The van der Waals surface area contributed by atoms with Crippen LogP contribution in [0.5, 0.6) is 0 Å². The second kappa shape index (κ2) is 7.11. The molecule has 5 heteroatoms. The number of rotatable bonds is 4. The Labute approximate surface area is 132 Å². The summed E-state index contributed by atoms with van der Waals surface area (Å²) >= 11 is 0. The molecule has 0 saturated carbocycles. The van der Waals surface area contributed by atoms with E-state index in [9.17, 15) is 4.79 Å². The Morgan fingerprint density at radius 2 is 2.18 bits per heavy atom. The molecule has 2 saturated heterocycles. The second-order valence-electron chi connectivity index (χ2n) is 6.14. The first-order valence-corrected chi connectivity index (χ1v) is 8.19. The van der Waals surface area contributed by atoms with Crippen molar-refractivity contribution in [2.45, 2.75) is 25.9 Å². The van der Waals surface area contributed by atoms with E-state index in [1.54, 1.807) is 0 Å². The van der Waals surface area contributed by atoms with E-state index >= 15 is 0 Å². The molecule has 1 aromatic carbocycles. The first-order valence-electron chi connectivity index (χ1n) is 8.19. The zero-order valence-corrected chi connectivity index (χ0v) is 13.2. The van der Waals surface area contributed by atoms with Gasteiger partial charge in [-0.25, -0.2) is 0 Å². The van der Waals surface area contributed by atoms with Crippen molar-refractivity contribution in [3.63, 3.8) is 0 Å². The lowest BCUT2D eigenvalue weighted by Gasteiger charge is -2.30. The van der Waals surface area contributed by atoms with Gasteiger partial charge in [-0.1, -0.05) is 0 Å². The van der Waals surface area contributed by atoms with Crippen LogP contribution in [0.2, 0.25) is 0 Å². The Bertz CT molecular complexity index is 521. The number of aryl methyl sites for hydroxylation is 1. The van der Waals surface area contributed by atoms with Crippen molar-refractivity contribution in [3.8, 4) is 0 Å². The van der Waals surface area contributed by atoms with Crippen LogP contribution < -0.4 is 15.5 Å². The lowest BCUT2D eigenvalue weighted by atomic mass is 10.1. The van der Waals surface area contributed by atoms with Crippen LogP contribution in [0.1, 0.15) is 28.8 Å². The van der Waals surface area contributed by atoms with Gasteiger partial charge in [-0.05, 0) is 43.5 Å². The summed E-state index contributed by atoms with van der Waals surface area (Å²) in [5.41, 5.74) is 3.01. The average molecular weight is 303 g/mol. The van der Waals surface area contributed by atoms with Gasteiger partial charge in [0.25, 0.3) is 5.91 Å². The van der Waals surface area contributed by atoms with Gasteiger partial charge in [-0.2, -0.15) is 0 Å². The van der Waals surface area contributed by atoms with Gasteiger partial charge in [-0.3, -0.25) is 4.79 Å². The summed E-state index contributed by atoms with van der Waals surface area (Å²) in [6.45, 7) is 7.43. The van der Waals surface area contributed by atoms with E-state index in [2.05, 4.69) is 21.6 Å². The first kappa shape index (κ1) is 15.3. The van der Waals surface area contributed by atoms with Gasteiger partial charge < -0.3 is 20.3 Å². The van der Waals surface area contributed by atoms with Crippen LogP contribution in [0, 0.1) is 6.92 Å². The molecule has 0 aliphatic carbocycles. The van der Waals surface area contributed by atoms with Gasteiger partial charge in [0.2, 0.25) is 0 Å². The van der Waals surface area contributed by atoms with Gasteiger partial charge in [0.1, 0.15) is 0 Å². The van der Waals surface area contributed by atoms with Crippen molar-refractivity contribution < 1.29 is 9.53 Å². The molecule has 1 amide bonds. The summed E-state index contributed by atoms with van der Waals surface area (Å²) < 4.78 is 5.55. The number of benzene rings is 1. The van der Waals surface area contributed by atoms with Crippen molar-refractivity contribution in [1.82, 2.24) is 10.6 Å². The van der Waals surface area contributed by atoms with Crippen LogP contribution in [0.3, 0.4) is 0 Å². The summed E-state index contributed by atoms with van der Waals surface area (Å²) in [4.78, 5) is 14.7. The number of piperazine rings is 1. The molecule has 1 atom stereocenters. The molecule has 1 aromatic rings. The van der Waals surface area contributed by atoms with Crippen molar-refractivity contribution in [3.05, 3.63) is 29.3 Å². The number of nitrogens with one attached hydrogen (secondary N) is 2. The summed E-state index contributed by atoms with van der Waals surface area (Å²) in [6, 6.07) is 6.11. The number of hydrogen-bond acceptors (Lipinski definition) is 4. The van der Waals surface area contributed by atoms with E-state index in [0.29, 0.717) is 6.54 Å². The maximum atomic E-state index is 12.4. The third-order valence-corrected chi connectivity index (χ3v) is 4.32. The van der Waals surface area contributed by atoms with Crippen LogP contribution >= 0.6 is 0 Å². The maximum Gasteiger partial charge on any atom is 0.251 e. The Balaban J connectivity index is 1.66. The van der Waals surface area contributed by atoms with Crippen LogP contribution in [0.4, 0.5) is 5.69 Å². The van der Waals surface area contributed by atoms with E-state index in [1.165, 1.54) is 0 Å². The van der Waals surface area contributed by atoms with Crippen molar-refractivity contribution in [2.24, 2.45) is 0 Å². The number of anilines is 1. The van der Waals surface area contributed by atoms with Gasteiger partial charge in [0.15, 0.2) is 0 Å². The highest BCUT2D eigenvalue weighted by Gasteiger charge is 2.18. The standard InChI is InChI=1S/C17H25N3O2/c1-13-9-14(17(21)19-12-16-3-2-8-22-16)11-15(10-13)20-6-4-18-5-7-20/h9-11,16,18H,2-8,12H2,1H3,(H,19,21). The number of hydrogen-bond donors (Lipinski definition) is 2. The molecule has 5 nitrogen and oxygen atoms in total. The molecule has 22 heavy (non-hydrogen) atoms. The molecule has 2 aliphatic rings. The monoisotopic (exact) mass is 303 g/mol. The van der Waals surface area contributed by atoms with E-state index in [4.69, 9.17) is 4.74 Å². The summed E-state index contributed by atoms with van der Waals surface area (Å²) in [7, 11) is 0. The Kier molecular flexibility index (Phi) is 4.95. The van der Waals surface area contributed by atoms with Crippen LogP contribution in [0.15, 0.2) is 18.2 Å². The number of amides is 1. The average Bonchev–Trinajstić information content (AvgIpc) is 3.06. The number of nitrogens with zero attached hydrogens (tertiary/aromatic N) is 1. The lowest BCUT2D eigenvalue weighted by molar-refractivity contribution is 0.0857. The van der Waals surface area contributed by atoms with E-state index in [-0.39, 0.29) is 12.0 Å². The minimum Gasteiger partial charge on any atom is -0.376 e. The molecule has 2 aliphatic heterocycles. The summed E-state index contributed by atoms with van der Waals surface area (Å²) in [6.07, 6.45) is 2.32. The topological polar surface area (TPSA) is 53.6 Å². The molecule has 2 N–H and O–H groups in total. The largest absolute Gasteiger partial charge is 0.376 e. The molecule has 1 unspecified atom stereocenters. The molecule has 0 aromatic heterocycles. The van der Waals surface area contributed by atoms with Gasteiger partial charge in [0, 0.05) is 50.6 Å². The second-order valence-corrected chi connectivity index (χ2v) is 6.14. The SMILES string of the molecule is Cc1cc(C(=O)NCC2CCCO2)cc(N2CCNCC2)c1. The Hall–Kier alpha value is -1.59. The van der Waals surface area contributed by atoms with Gasteiger partial charge in [-0.15, -0.1) is 0 Å². The molecule has 2 heterocycles. The molecule has 2 fully saturated rings. The third kappa shape index (κ3) is 3.78. The number of carbonyl (C=O) groups excluding carboxylic acids is 1. The van der Waals surface area contributed by atoms with Crippen molar-refractivity contribution in [1.29, 1.82) is 0 Å². The fourth-order valence-electron chi connectivity index (χ4n) is 3.11. The smallest absolute Gasteiger partial charge is 0.251 e. The first-order chi connectivity index (χ1) is 10.7. The highest BCUT2D eigenvalue weighted by Crippen LogP contribution is 2.20. The zero-order valence-electron chi connectivity index (χ0n) is 13.2. The molecule has 3 rings (SSSR count). The van der Waals surface area contributed by atoms with E-state index in [0.717, 1.165) is 62.4 Å². The fraction of sp³-hybridized carbons (Fsp3) is 0.588. The highest BCUT2D eigenvalue weighted by atomic mass is 16.5. The molecule has 0 radical (unpaired) electrons. The number of carbonyl (C=O) groups is 1. The van der Waals surface area contributed by atoms with Crippen LogP contribution in [-0.4, -0.2) is 51.3 Å². The summed E-state index contributed by atoms with van der Waals surface area (Å²) in [5.74, 6) is -0.00409. The predicted octanol–water partition coefficient (Wildman–Crippen LogP) is 1.31. The van der Waals surface area contributed by atoms with E-state index in [1.807, 2.05) is 19.1 Å². The van der Waals surface area contributed by atoms with Crippen LogP contribution in [-0.2, 0) is 4.74 Å². The van der Waals surface area contributed by atoms with Crippen LogP contribution in [0.25, 0.3) is 0 Å². The predicted molar refractivity (Wildman–Crippen MR) is 87.6 cm³/mol. The molecule has 0 spiro atoms. The van der Waals surface area contributed by atoms with Crippen molar-refractivity contribution >= 4 is 11.6 Å². The molecular weight excluding hydrogens is 278 g/mol. The minimum atomic E-state index is -0.00409. The Morgan fingerprint density at radius 3 is 2.91 bits per heavy atom. The maximum absolute atomic E-state index is 12.4. The van der Waals surface area contributed by atoms with Gasteiger partial charge >= 0.3 is 0 Å². The minimum absolute atomic E-state index is 0.00409. The van der Waals surface area contributed by atoms with E-state index < -0.39 is 0 Å². The third-order valence-electron chi connectivity index (χ3n) is 4.32. The molecule has 0 bridgehead atoms. The molecule has 120 valence electrons. The zero-order chi connectivity index (χ0) is 15.4. The normalized spacial score (nSPS) is 21.9. The number of ether oxygens (including phenoxy) is 1. The summed E-state index contributed by atoms with van der Waals surface area (Å²) in [5, 5.41) is 6.36. The van der Waals surface area contributed by atoms with Gasteiger partial charge in [0.05, 0.1) is 6.10 Å². The fourth-order valence-corrected chi connectivity index (χ4v) is 3.11. The highest BCUT2D eigenvalue weighted by molar-refractivity contribution is 5.95. The van der Waals surface area contributed by atoms with Crippen molar-refractivity contribution in [2.75, 3.05) is 44.2 Å². The lowest BCUT2D eigenvalue weighted by Crippen LogP contribution is -2.43. The molecular formula is C17H25N3O2.